The zero-order chi connectivity index (χ0) is 23.8. The van der Waals surface area contributed by atoms with E-state index in [2.05, 4.69) is 9.98 Å². The molecule has 2 aliphatic rings. The average molecular weight is 464 g/mol. The standard InChI is InChI=1S/C26H27F2N5O/c1-14-3-7-21-24(20-8-4-18(27)11-22(20)28)32-25(33-26(21)31-14)16-9-15(2)34-23(10-16)17(12-29)13-30-19-5-6-19/h3-4,7-8,11-13,15-16,19,23H,5-6,9-10,29H2,1-2H3/b17-12+,30-13?/t15-,16-,23+/m0/s1. The summed E-state index contributed by atoms with van der Waals surface area (Å²) in [6.45, 7) is 3.89. The van der Waals surface area contributed by atoms with Gasteiger partial charge in [0.1, 0.15) is 17.5 Å². The molecule has 0 bridgehead atoms. The van der Waals surface area contributed by atoms with Crippen molar-refractivity contribution in [1.82, 2.24) is 15.0 Å². The number of aliphatic imine (C=N–C) groups is 1. The minimum atomic E-state index is -0.672. The number of benzene rings is 1. The van der Waals surface area contributed by atoms with E-state index in [1.54, 1.807) is 6.20 Å². The fourth-order valence-electron chi connectivity index (χ4n) is 4.41. The normalized spacial score (nSPS) is 23.6. The number of nitrogens with zero attached hydrogens (tertiary/aromatic N) is 4. The third-order valence-electron chi connectivity index (χ3n) is 6.32. The molecule has 3 aromatic rings. The number of aromatic nitrogens is 3. The number of pyridine rings is 1. The van der Waals surface area contributed by atoms with Crippen molar-refractivity contribution in [2.75, 3.05) is 0 Å². The third kappa shape index (κ3) is 4.68. The van der Waals surface area contributed by atoms with Gasteiger partial charge in [0.15, 0.2) is 5.65 Å². The molecule has 1 aromatic carbocycles. The summed E-state index contributed by atoms with van der Waals surface area (Å²) in [4.78, 5) is 18.7. The van der Waals surface area contributed by atoms with Gasteiger partial charge in [-0.15, -0.1) is 0 Å². The first-order valence-electron chi connectivity index (χ1n) is 11.6. The molecule has 1 aliphatic heterocycles. The van der Waals surface area contributed by atoms with Gasteiger partial charge in [-0.25, -0.2) is 23.7 Å². The molecule has 176 valence electrons. The molecule has 1 saturated heterocycles. The molecule has 0 unspecified atom stereocenters. The molecule has 3 heterocycles. The van der Waals surface area contributed by atoms with Crippen molar-refractivity contribution in [1.29, 1.82) is 0 Å². The van der Waals surface area contributed by atoms with Crippen LogP contribution in [0.25, 0.3) is 22.3 Å². The predicted octanol–water partition coefficient (Wildman–Crippen LogP) is 5.01. The van der Waals surface area contributed by atoms with Crippen molar-refractivity contribution in [3.63, 3.8) is 0 Å². The number of halogens is 2. The molecule has 5 rings (SSSR count). The number of hydrogen-bond donors (Lipinski definition) is 1. The summed E-state index contributed by atoms with van der Waals surface area (Å²) in [7, 11) is 0. The Balaban J connectivity index is 1.56. The Kier molecular flexibility index (Phi) is 6.08. The first-order valence-corrected chi connectivity index (χ1v) is 11.6. The Hall–Kier alpha value is -3.26. The maximum atomic E-state index is 14.8. The minimum absolute atomic E-state index is 0.0491. The van der Waals surface area contributed by atoms with Gasteiger partial charge in [0.2, 0.25) is 0 Å². The molecule has 2 N–H and O–H groups in total. The van der Waals surface area contributed by atoms with Gasteiger partial charge < -0.3 is 10.5 Å². The summed E-state index contributed by atoms with van der Waals surface area (Å²) < 4.78 is 34.5. The molecule has 0 spiro atoms. The van der Waals surface area contributed by atoms with Crippen LogP contribution in [0, 0.1) is 18.6 Å². The first-order chi connectivity index (χ1) is 16.4. The predicted molar refractivity (Wildman–Crippen MR) is 128 cm³/mol. The lowest BCUT2D eigenvalue weighted by molar-refractivity contribution is -0.0272. The lowest BCUT2D eigenvalue weighted by Crippen LogP contribution is -2.33. The van der Waals surface area contributed by atoms with Crippen LogP contribution in [0.1, 0.15) is 50.0 Å². The summed E-state index contributed by atoms with van der Waals surface area (Å²) in [5, 5.41) is 0.621. The first kappa shape index (κ1) is 22.5. The molecule has 2 aromatic heterocycles. The highest BCUT2D eigenvalue weighted by Crippen LogP contribution is 2.37. The fraction of sp³-hybridized carbons (Fsp3) is 0.385. The van der Waals surface area contributed by atoms with Crippen LogP contribution >= 0.6 is 0 Å². The molecule has 1 aliphatic carbocycles. The van der Waals surface area contributed by atoms with Gasteiger partial charge in [0.25, 0.3) is 0 Å². The number of aryl methyl sites for hydroxylation is 1. The van der Waals surface area contributed by atoms with Gasteiger partial charge in [0.05, 0.1) is 23.9 Å². The second-order valence-corrected chi connectivity index (χ2v) is 9.16. The van der Waals surface area contributed by atoms with Crippen LogP contribution in [0.15, 0.2) is 47.1 Å². The molecule has 6 nitrogen and oxygen atoms in total. The molecular weight excluding hydrogens is 436 g/mol. The van der Waals surface area contributed by atoms with Crippen LogP contribution in [0.5, 0.6) is 0 Å². The van der Waals surface area contributed by atoms with E-state index >= 15 is 0 Å². The van der Waals surface area contributed by atoms with E-state index in [4.69, 9.17) is 20.4 Å². The minimum Gasteiger partial charge on any atom is -0.404 e. The van der Waals surface area contributed by atoms with Crippen LogP contribution < -0.4 is 5.73 Å². The van der Waals surface area contributed by atoms with E-state index in [0.29, 0.717) is 41.4 Å². The summed E-state index contributed by atoms with van der Waals surface area (Å²) >= 11 is 0. The molecule has 3 atom stereocenters. The second-order valence-electron chi connectivity index (χ2n) is 9.16. The van der Waals surface area contributed by atoms with Gasteiger partial charge in [-0.1, -0.05) is 0 Å². The Morgan fingerprint density at radius 1 is 1.12 bits per heavy atom. The Morgan fingerprint density at radius 2 is 1.94 bits per heavy atom. The molecule has 1 saturated carbocycles. The molecule has 2 fully saturated rings. The van der Waals surface area contributed by atoms with Crippen molar-refractivity contribution < 1.29 is 13.5 Å². The zero-order valence-corrected chi connectivity index (χ0v) is 19.2. The smallest absolute Gasteiger partial charge is 0.163 e. The average Bonchev–Trinajstić information content (AvgIpc) is 3.63. The Bertz CT molecular complexity index is 1290. The van der Waals surface area contributed by atoms with Crippen molar-refractivity contribution in [3.8, 4) is 11.3 Å². The quantitative estimate of drug-likeness (QED) is 0.538. The number of nitrogens with two attached hydrogens (primary N) is 1. The van der Waals surface area contributed by atoms with E-state index in [1.807, 2.05) is 32.2 Å². The van der Waals surface area contributed by atoms with Gasteiger partial charge in [-0.3, -0.25) is 4.99 Å². The van der Waals surface area contributed by atoms with E-state index < -0.39 is 11.6 Å². The van der Waals surface area contributed by atoms with Crippen LogP contribution in [-0.2, 0) is 4.74 Å². The van der Waals surface area contributed by atoms with Crippen LogP contribution in [0.2, 0.25) is 0 Å². The lowest BCUT2D eigenvalue weighted by Gasteiger charge is -2.33. The monoisotopic (exact) mass is 463 g/mol. The summed E-state index contributed by atoms with van der Waals surface area (Å²) in [5.74, 6) is -0.787. The SMILES string of the molecule is Cc1ccc2c(-c3ccc(F)cc3F)nc([C@H]3C[C@H](C)O[C@@H](/C(C=NC4CC4)=C/N)C3)nc2n1. The van der Waals surface area contributed by atoms with Crippen LogP contribution in [0.4, 0.5) is 8.78 Å². The molecular formula is C26H27F2N5O. The van der Waals surface area contributed by atoms with Crippen molar-refractivity contribution in [2.24, 2.45) is 10.7 Å². The number of fused-ring (bicyclic) bond motifs is 1. The zero-order valence-electron chi connectivity index (χ0n) is 19.2. The van der Waals surface area contributed by atoms with Gasteiger partial charge in [0, 0.05) is 46.6 Å². The maximum absolute atomic E-state index is 14.8. The topological polar surface area (TPSA) is 86.3 Å². The van der Waals surface area contributed by atoms with Gasteiger partial charge in [-0.05, 0) is 63.8 Å². The van der Waals surface area contributed by atoms with Crippen LogP contribution in [0.3, 0.4) is 0 Å². The van der Waals surface area contributed by atoms with E-state index in [1.165, 1.54) is 12.1 Å². The highest BCUT2D eigenvalue weighted by atomic mass is 19.1. The summed E-state index contributed by atoms with van der Waals surface area (Å²) in [5.41, 5.74) is 8.66. The Morgan fingerprint density at radius 3 is 2.68 bits per heavy atom. The summed E-state index contributed by atoms with van der Waals surface area (Å²) in [6.07, 6.45) is 6.63. The molecule has 0 radical (unpaired) electrons. The molecule has 8 heteroatoms. The number of ether oxygens (including phenoxy) is 1. The van der Waals surface area contributed by atoms with Crippen LogP contribution in [-0.4, -0.2) is 39.4 Å². The Labute approximate surface area is 197 Å². The molecule has 0 amide bonds. The fourth-order valence-corrected chi connectivity index (χ4v) is 4.41. The lowest BCUT2D eigenvalue weighted by atomic mass is 9.88. The highest BCUT2D eigenvalue weighted by molar-refractivity contribution is 5.90. The van der Waals surface area contributed by atoms with Gasteiger partial charge in [-0.2, -0.15) is 0 Å². The van der Waals surface area contributed by atoms with Crippen molar-refractivity contribution in [2.45, 2.75) is 63.7 Å². The number of hydrogen-bond acceptors (Lipinski definition) is 6. The van der Waals surface area contributed by atoms with Gasteiger partial charge >= 0.3 is 0 Å². The van der Waals surface area contributed by atoms with Crippen molar-refractivity contribution in [3.05, 3.63) is 65.3 Å². The van der Waals surface area contributed by atoms with E-state index in [9.17, 15) is 8.78 Å². The van der Waals surface area contributed by atoms with E-state index in [-0.39, 0.29) is 23.7 Å². The number of rotatable bonds is 5. The maximum Gasteiger partial charge on any atom is 0.163 e. The largest absolute Gasteiger partial charge is 0.404 e. The van der Waals surface area contributed by atoms with E-state index in [0.717, 1.165) is 30.2 Å². The summed E-state index contributed by atoms with van der Waals surface area (Å²) in [6, 6.07) is 7.57. The van der Waals surface area contributed by atoms with Crippen molar-refractivity contribution >= 4 is 17.2 Å². The highest BCUT2D eigenvalue weighted by Gasteiger charge is 2.33. The third-order valence-corrected chi connectivity index (χ3v) is 6.32. The second kappa shape index (κ2) is 9.18. The molecule has 34 heavy (non-hydrogen) atoms.